The van der Waals surface area contributed by atoms with Crippen LogP contribution in [0.3, 0.4) is 0 Å². The van der Waals surface area contributed by atoms with Gasteiger partial charge in [-0.1, -0.05) is 6.07 Å². The van der Waals surface area contributed by atoms with Crippen LogP contribution in [0.4, 0.5) is 0 Å². The highest BCUT2D eigenvalue weighted by Gasteiger charge is 2.17. The van der Waals surface area contributed by atoms with E-state index in [1.165, 1.54) is 0 Å². The first-order chi connectivity index (χ1) is 16.6. The monoisotopic (exact) mass is 462 g/mol. The van der Waals surface area contributed by atoms with Gasteiger partial charge in [-0.3, -0.25) is 19.3 Å². The van der Waals surface area contributed by atoms with Crippen LogP contribution >= 0.6 is 0 Å². The number of hydrogen-bond donors (Lipinski definition) is 2. The van der Waals surface area contributed by atoms with E-state index in [1.54, 1.807) is 17.1 Å². The van der Waals surface area contributed by atoms with Gasteiger partial charge in [0.15, 0.2) is 5.43 Å². The van der Waals surface area contributed by atoms with Crippen LogP contribution in [0, 0.1) is 0 Å². The van der Waals surface area contributed by atoms with E-state index in [0.717, 1.165) is 28.1 Å². The molecular formula is C25H30N6O3. The molecule has 9 heteroatoms. The van der Waals surface area contributed by atoms with E-state index in [0.29, 0.717) is 63.1 Å². The van der Waals surface area contributed by atoms with Crippen molar-refractivity contribution in [3.05, 3.63) is 70.0 Å². The topological polar surface area (TPSA) is 101 Å². The number of ether oxygens (including phenoxy) is 1. The number of amides is 1. The van der Waals surface area contributed by atoms with E-state index >= 15 is 0 Å². The molecule has 5 rings (SSSR count). The van der Waals surface area contributed by atoms with Crippen LogP contribution < -0.4 is 16.1 Å². The summed E-state index contributed by atoms with van der Waals surface area (Å²) in [6.07, 6.45) is 8.36. The van der Waals surface area contributed by atoms with Gasteiger partial charge in [0.1, 0.15) is 0 Å². The molecule has 0 atom stereocenters. The normalized spacial score (nSPS) is 15.8. The van der Waals surface area contributed by atoms with E-state index in [4.69, 9.17) is 4.74 Å². The second-order valence-corrected chi connectivity index (χ2v) is 8.57. The molecular weight excluding hydrogens is 432 g/mol. The number of aromatic nitrogens is 3. The van der Waals surface area contributed by atoms with Gasteiger partial charge >= 0.3 is 0 Å². The quantitative estimate of drug-likeness (QED) is 0.594. The van der Waals surface area contributed by atoms with Crippen LogP contribution in [0.5, 0.6) is 0 Å². The molecule has 1 aromatic carbocycles. The smallest absolute Gasteiger partial charge is 0.224 e. The maximum absolute atomic E-state index is 13.5. The molecule has 0 spiro atoms. The summed E-state index contributed by atoms with van der Waals surface area (Å²) >= 11 is 0. The maximum Gasteiger partial charge on any atom is 0.224 e. The molecule has 3 aromatic rings. The van der Waals surface area contributed by atoms with E-state index < -0.39 is 0 Å². The van der Waals surface area contributed by atoms with Crippen LogP contribution in [0.1, 0.15) is 19.0 Å². The fourth-order valence-corrected chi connectivity index (χ4v) is 4.37. The second-order valence-electron chi connectivity index (χ2n) is 8.57. The van der Waals surface area contributed by atoms with Gasteiger partial charge in [-0.2, -0.15) is 5.10 Å². The zero-order valence-electron chi connectivity index (χ0n) is 19.2. The molecule has 2 aliphatic heterocycles. The van der Waals surface area contributed by atoms with Crippen molar-refractivity contribution in [3.8, 4) is 11.1 Å². The molecule has 2 N–H and O–H groups in total. The van der Waals surface area contributed by atoms with Crippen molar-refractivity contribution in [3.63, 3.8) is 0 Å². The predicted octanol–water partition coefficient (Wildman–Crippen LogP) is 1.57. The lowest BCUT2D eigenvalue weighted by Gasteiger charge is -2.27. The van der Waals surface area contributed by atoms with Crippen molar-refractivity contribution in [1.82, 2.24) is 30.3 Å². The molecule has 2 aromatic heterocycles. The summed E-state index contributed by atoms with van der Waals surface area (Å²) in [6.45, 7) is 3.58. The summed E-state index contributed by atoms with van der Waals surface area (Å²) in [4.78, 5) is 32.3. The number of aryl methyl sites for hydroxylation is 1. The van der Waals surface area contributed by atoms with Gasteiger partial charge in [0.05, 0.1) is 30.7 Å². The SMILES string of the molecule is Cn1cc(-c2cnc3ccc4c(c(=O)c3c2)CC=C(NCCC(=O)N2CCOCC2)NC4)cn1.[HH]. The fraction of sp³-hybridized carbons (Fsp3) is 0.360. The Morgan fingerprint density at radius 2 is 2.09 bits per heavy atom. The summed E-state index contributed by atoms with van der Waals surface area (Å²) in [5, 5.41) is 11.5. The highest BCUT2D eigenvalue weighted by molar-refractivity contribution is 5.83. The molecule has 0 saturated carbocycles. The van der Waals surface area contributed by atoms with Gasteiger partial charge in [-0.05, 0) is 30.2 Å². The van der Waals surface area contributed by atoms with Gasteiger partial charge in [0.25, 0.3) is 0 Å². The molecule has 1 saturated heterocycles. The minimum atomic E-state index is -0.00460. The zero-order valence-corrected chi connectivity index (χ0v) is 19.2. The standard InChI is InChI=1S/C25H28N6O3.H2/c1-30-16-19(15-29-30)18-12-21-22(27-14-18)4-2-17-13-28-23(5-3-20(17)25(21)33)26-7-6-24(32)31-8-10-34-11-9-31;/h2,4-5,12,14-16,26,28H,3,6-11,13H2,1H3;1H. The molecule has 4 heterocycles. The number of nitrogens with zero attached hydrogens (tertiary/aromatic N) is 4. The Kier molecular flexibility index (Phi) is 6.27. The minimum Gasteiger partial charge on any atom is -0.378 e. The van der Waals surface area contributed by atoms with E-state index in [2.05, 4.69) is 20.7 Å². The Balaban J connectivity index is 0.00000289. The number of carbonyl (C=O) groups is 1. The molecule has 178 valence electrons. The van der Waals surface area contributed by atoms with E-state index in [-0.39, 0.29) is 12.8 Å². The average molecular weight is 463 g/mol. The first-order valence-electron chi connectivity index (χ1n) is 11.6. The second kappa shape index (κ2) is 9.64. The fourth-order valence-electron chi connectivity index (χ4n) is 4.37. The Morgan fingerprint density at radius 1 is 1.24 bits per heavy atom. The Labute approximate surface area is 198 Å². The van der Waals surface area contributed by atoms with Gasteiger partial charge in [-0.15, -0.1) is 0 Å². The summed E-state index contributed by atoms with van der Waals surface area (Å²) in [5.41, 5.74) is 4.17. The summed E-state index contributed by atoms with van der Waals surface area (Å²) in [5.74, 6) is 0.970. The van der Waals surface area contributed by atoms with Crippen molar-refractivity contribution < 1.29 is 11.0 Å². The molecule has 0 aliphatic carbocycles. The summed E-state index contributed by atoms with van der Waals surface area (Å²) < 4.78 is 7.04. The van der Waals surface area contributed by atoms with Crippen LogP contribution in [0.25, 0.3) is 22.0 Å². The lowest BCUT2D eigenvalue weighted by molar-refractivity contribution is -0.135. The molecule has 0 radical (unpaired) electrons. The minimum absolute atomic E-state index is 0. The number of fused-ring (bicyclic) bond motifs is 2. The van der Waals surface area contributed by atoms with Crippen molar-refractivity contribution >= 4 is 16.8 Å². The van der Waals surface area contributed by atoms with Crippen molar-refractivity contribution in [2.24, 2.45) is 7.05 Å². The van der Waals surface area contributed by atoms with Gasteiger partial charge in [0.2, 0.25) is 5.91 Å². The van der Waals surface area contributed by atoms with E-state index in [1.807, 2.05) is 42.4 Å². The van der Waals surface area contributed by atoms with Gasteiger partial charge in [-0.25, -0.2) is 0 Å². The number of carbonyl (C=O) groups excluding carboxylic acids is 1. The molecule has 0 unspecified atom stereocenters. The molecule has 9 nitrogen and oxygen atoms in total. The van der Waals surface area contributed by atoms with Crippen molar-refractivity contribution in [2.45, 2.75) is 19.4 Å². The largest absolute Gasteiger partial charge is 0.378 e. The molecule has 1 amide bonds. The number of allylic oxidation sites excluding steroid dienone is 1. The number of morpholine rings is 1. The van der Waals surface area contributed by atoms with Crippen LogP contribution in [0.2, 0.25) is 0 Å². The first kappa shape index (κ1) is 22.1. The van der Waals surface area contributed by atoms with Gasteiger partial charge < -0.3 is 20.3 Å². The number of rotatable bonds is 5. The van der Waals surface area contributed by atoms with Crippen LogP contribution in [-0.4, -0.2) is 58.4 Å². The third kappa shape index (κ3) is 4.65. The number of hydrogen-bond acceptors (Lipinski definition) is 7. The lowest BCUT2D eigenvalue weighted by atomic mass is 10.1. The summed E-state index contributed by atoms with van der Waals surface area (Å²) in [7, 11) is 1.86. The third-order valence-electron chi connectivity index (χ3n) is 6.30. The summed E-state index contributed by atoms with van der Waals surface area (Å²) in [6, 6.07) is 5.78. The molecule has 2 aliphatic rings. The molecule has 1 fully saturated rings. The van der Waals surface area contributed by atoms with Crippen LogP contribution in [-0.2, 0) is 29.5 Å². The first-order valence-corrected chi connectivity index (χ1v) is 11.6. The van der Waals surface area contributed by atoms with Gasteiger partial charge in [0, 0.05) is 75.5 Å². The Bertz CT molecular complexity index is 1320. The number of pyridine rings is 1. The molecule has 0 bridgehead atoms. The highest BCUT2D eigenvalue weighted by atomic mass is 16.5. The number of nitrogens with one attached hydrogen (secondary N) is 2. The highest BCUT2D eigenvalue weighted by Crippen LogP contribution is 2.22. The van der Waals surface area contributed by atoms with E-state index in [9.17, 15) is 9.59 Å². The predicted molar refractivity (Wildman–Crippen MR) is 131 cm³/mol. The average Bonchev–Trinajstić information content (AvgIpc) is 3.13. The van der Waals surface area contributed by atoms with Crippen molar-refractivity contribution in [1.29, 1.82) is 0 Å². The third-order valence-corrected chi connectivity index (χ3v) is 6.30. The lowest BCUT2D eigenvalue weighted by Crippen LogP contribution is -2.41. The zero-order chi connectivity index (χ0) is 23.5. The maximum atomic E-state index is 13.5. The Hall–Kier alpha value is -3.72. The molecule has 34 heavy (non-hydrogen) atoms. The van der Waals surface area contributed by atoms with Crippen molar-refractivity contribution in [2.75, 3.05) is 32.8 Å². The van der Waals surface area contributed by atoms with Crippen LogP contribution in [0.15, 0.2) is 53.5 Å². The Morgan fingerprint density at radius 3 is 2.88 bits per heavy atom.